The Balaban J connectivity index is 1.95. The van der Waals surface area contributed by atoms with E-state index in [1.54, 1.807) is 13.8 Å². The summed E-state index contributed by atoms with van der Waals surface area (Å²) in [6, 6.07) is 14.8. The number of alkyl halides is 6. The molecule has 5 rings (SSSR count). The number of likely N-dealkylation sites (tertiary alicyclic amines) is 2. The van der Waals surface area contributed by atoms with Crippen LogP contribution in [0.4, 0.5) is 30.7 Å². The normalized spacial score (nSPS) is 23.4. The van der Waals surface area contributed by atoms with Crippen molar-refractivity contribution in [1.82, 2.24) is 15.1 Å². The van der Waals surface area contributed by atoms with E-state index in [4.69, 9.17) is 0 Å². The first-order valence-corrected chi connectivity index (χ1v) is 17.1. The van der Waals surface area contributed by atoms with Gasteiger partial charge in [0.1, 0.15) is 24.2 Å². The van der Waals surface area contributed by atoms with Gasteiger partial charge in [-0.15, -0.1) is 0 Å². The highest BCUT2D eigenvalue weighted by Gasteiger charge is 2.72. The molecular formula is C39H40F7N3O4. The van der Waals surface area contributed by atoms with Crippen molar-refractivity contribution in [1.29, 1.82) is 0 Å². The lowest BCUT2D eigenvalue weighted by Gasteiger charge is -2.61. The smallest absolute Gasteiger partial charge is 0.359 e. The fourth-order valence-corrected chi connectivity index (χ4v) is 8.45. The third kappa shape index (κ3) is 7.68. The molecule has 3 aromatic rings. The van der Waals surface area contributed by atoms with E-state index >= 15 is 26.3 Å². The van der Waals surface area contributed by atoms with Gasteiger partial charge in [-0.05, 0) is 53.1 Å². The summed E-state index contributed by atoms with van der Waals surface area (Å²) in [7, 11) is 1.24. The predicted molar refractivity (Wildman–Crippen MR) is 181 cm³/mol. The SMILES string of the molecule is CNC(=O)C1CC(c2ccc(F)cc2C)C(C(c2ccccc2)C(F)(F)F)(C(c2ccccc2)C(F)(F)F)N(C(=O)CN2C(=O)CC(C)(C)CC2=O)C1. The van der Waals surface area contributed by atoms with Crippen LogP contribution in [0.15, 0.2) is 78.9 Å². The number of amides is 4. The Morgan fingerprint density at radius 2 is 1.32 bits per heavy atom. The molecule has 2 saturated heterocycles. The molecule has 2 heterocycles. The van der Waals surface area contributed by atoms with Gasteiger partial charge in [0, 0.05) is 32.4 Å². The Morgan fingerprint density at radius 1 is 0.830 bits per heavy atom. The van der Waals surface area contributed by atoms with Gasteiger partial charge in [-0.3, -0.25) is 24.1 Å². The van der Waals surface area contributed by atoms with Gasteiger partial charge >= 0.3 is 12.4 Å². The van der Waals surface area contributed by atoms with Crippen molar-refractivity contribution in [2.45, 2.75) is 75.7 Å². The molecule has 14 heteroatoms. The maximum atomic E-state index is 16.2. The Labute approximate surface area is 302 Å². The summed E-state index contributed by atoms with van der Waals surface area (Å²) in [5, 5.41) is 2.40. The summed E-state index contributed by atoms with van der Waals surface area (Å²) >= 11 is 0. The zero-order valence-corrected chi connectivity index (χ0v) is 29.5. The highest BCUT2D eigenvalue weighted by molar-refractivity contribution is 6.01. The van der Waals surface area contributed by atoms with E-state index in [-0.39, 0.29) is 24.0 Å². The lowest BCUT2D eigenvalue weighted by molar-refractivity contribution is -0.239. The second kappa shape index (κ2) is 14.6. The molecule has 3 aromatic carbocycles. The highest BCUT2D eigenvalue weighted by Crippen LogP contribution is 2.64. The summed E-state index contributed by atoms with van der Waals surface area (Å²) in [5.74, 6) is -14.0. The average Bonchev–Trinajstić information content (AvgIpc) is 3.05. The third-order valence-electron chi connectivity index (χ3n) is 10.5. The molecule has 0 aromatic heterocycles. The monoisotopic (exact) mass is 747 g/mol. The lowest BCUT2D eigenvalue weighted by atomic mass is 9.55. The van der Waals surface area contributed by atoms with Crippen molar-refractivity contribution in [2.75, 3.05) is 20.1 Å². The molecule has 4 amide bonds. The fraction of sp³-hybridized carbons (Fsp3) is 0.436. The summed E-state index contributed by atoms with van der Waals surface area (Å²) in [6.07, 6.45) is -12.0. The van der Waals surface area contributed by atoms with Gasteiger partial charge in [-0.25, -0.2) is 4.39 Å². The summed E-state index contributed by atoms with van der Waals surface area (Å²) in [6.45, 7) is 2.53. The van der Waals surface area contributed by atoms with E-state index in [0.29, 0.717) is 9.80 Å². The molecule has 4 unspecified atom stereocenters. The predicted octanol–water partition coefficient (Wildman–Crippen LogP) is 7.42. The van der Waals surface area contributed by atoms with Crippen LogP contribution in [0.25, 0.3) is 0 Å². The second-order valence-electron chi connectivity index (χ2n) is 14.7. The zero-order valence-electron chi connectivity index (χ0n) is 29.5. The largest absolute Gasteiger partial charge is 0.398 e. The van der Waals surface area contributed by atoms with Crippen molar-refractivity contribution in [2.24, 2.45) is 11.3 Å². The van der Waals surface area contributed by atoms with Gasteiger partial charge in [0.05, 0.1) is 11.5 Å². The van der Waals surface area contributed by atoms with Gasteiger partial charge in [0.15, 0.2) is 0 Å². The molecule has 2 aliphatic heterocycles. The summed E-state index contributed by atoms with van der Waals surface area (Å²) < 4.78 is 112. The minimum atomic E-state index is -5.48. The number of halogens is 7. The van der Waals surface area contributed by atoms with Crippen molar-refractivity contribution >= 4 is 23.6 Å². The molecule has 0 spiro atoms. The number of benzene rings is 3. The molecular weight excluding hydrogens is 707 g/mol. The number of aryl methyl sites for hydroxylation is 1. The lowest BCUT2D eigenvalue weighted by Crippen LogP contribution is -2.72. The Kier molecular flexibility index (Phi) is 10.9. The summed E-state index contributed by atoms with van der Waals surface area (Å²) in [5.41, 5.74) is -5.50. The first kappa shape index (κ1) is 39.5. The Bertz CT molecular complexity index is 1770. The number of piperidine rings is 2. The third-order valence-corrected chi connectivity index (χ3v) is 10.5. The van der Waals surface area contributed by atoms with E-state index in [1.165, 1.54) is 50.4 Å². The highest BCUT2D eigenvalue weighted by atomic mass is 19.4. The van der Waals surface area contributed by atoms with Crippen LogP contribution in [-0.4, -0.2) is 71.5 Å². The van der Waals surface area contributed by atoms with Crippen LogP contribution in [0.2, 0.25) is 0 Å². The van der Waals surface area contributed by atoms with Crippen molar-refractivity contribution < 1.29 is 49.9 Å². The number of rotatable bonds is 8. The summed E-state index contributed by atoms with van der Waals surface area (Å²) in [4.78, 5) is 55.9. The maximum absolute atomic E-state index is 16.2. The molecule has 0 radical (unpaired) electrons. The topological polar surface area (TPSA) is 86.8 Å². The molecule has 0 aliphatic carbocycles. The number of nitrogens with one attached hydrogen (secondary N) is 1. The van der Waals surface area contributed by atoms with Crippen LogP contribution in [0, 0.1) is 24.1 Å². The number of imide groups is 1. The van der Waals surface area contributed by atoms with E-state index in [9.17, 15) is 23.6 Å². The fourth-order valence-electron chi connectivity index (χ4n) is 8.45. The molecule has 284 valence electrons. The van der Waals surface area contributed by atoms with E-state index < -0.39 is 107 Å². The van der Waals surface area contributed by atoms with Crippen LogP contribution in [-0.2, 0) is 19.2 Å². The quantitative estimate of drug-likeness (QED) is 0.192. The first-order valence-electron chi connectivity index (χ1n) is 17.1. The van der Waals surface area contributed by atoms with Crippen molar-refractivity contribution in [3.8, 4) is 0 Å². The minimum Gasteiger partial charge on any atom is -0.359 e. The Morgan fingerprint density at radius 3 is 1.75 bits per heavy atom. The Hall–Kier alpha value is -4.75. The van der Waals surface area contributed by atoms with Crippen molar-refractivity contribution in [3.05, 3.63) is 107 Å². The van der Waals surface area contributed by atoms with Crippen LogP contribution in [0.3, 0.4) is 0 Å². The first-order chi connectivity index (χ1) is 24.7. The molecule has 2 aliphatic rings. The van der Waals surface area contributed by atoms with Crippen LogP contribution in [0.5, 0.6) is 0 Å². The second-order valence-corrected chi connectivity index (χ2v) is 14.7. The molecule has 4 atom stereocenters. The van der Waals surface area contributed by atoms with Gasteiger partial charge in [-0.1, -0.05) is 80.6 Å². The van der Waals surface area contributed by atoms with E-state index in [1.807, 2.05) is 0 Å². The number of hydrogen-bond acceptors (Lipinski definition) is 4. The van der Waals surface area contributed by atoms with Gasteiger partial charge in [0.2, 0.25) is 23.6 Å². The van der Waals surface area contributed by atoms with Crippen LogP contribution < -0.4 is 5.32 Å². The average molecular weight is 748 g/mol. The molecule has 53 heavy (non-hydrogen) atoms. The van der Waals surface area contributed by atoms with Crippen molar-refractivity contribution in [3.63, 3.8) is 0 Å². The number of nitrogens with zero attached hydrogens (tertiary/aromatic N) is 2. The minimum absolute atomic E-state index is 0.00378. The van der Waals surface area contributed by atoms with Gasteiger partial charge < -0.3 is 10.2 Å². The van der Waals surface area contributed by atoms with Crippen LogP contribution >= 0.6 is 0 Å². The zero-order chi connectivity index (χ0) is 39.1. The van der Waals surface area contributed by atoms with Crippen LogP contribution in [0.1, 0.15) is 73.1 Å². The molecule has 0 saturated carbocycles. The maximum Gasteiger partial charge on any atom is 0.398 e. The van der Waals surface area contributed by atoms with Gasteiger partial charge in [0.25, 0.3) is 0 Å². The van der Waals surface area contributed by atoms with E-state index in [0.717, 1.165) is 42.5 Å². The van der Waals surface area contributed by atoms with Gasteiger partial charge in [-0.2, -0.15) is 26.3 Å². The molecule has 1 N–H and O–H groups in total. The number of carbonyl (C=O) groups is 4. The molecule has 0 bridgehead atoms. The number of carbonyl (C=O) groups excluding carboxylic acids is 4. The molecule has 7 nitrogen and oxygen atoms in total. The standard InChI is InChI=1S/C39H40F7N3O4/c1-23-17-27(40)15-16-28(23)29-18-26(35(53)47-4)21-49(32(52)22-48-30(50)19-36(2,3)20-31(48)51)37(29,33(38(41,42)43)24-11-7-5-8-12-24)34(39(44,45)46)25-13-9-6-10-14-25/h5-17,26,29,33-34H,18-22H2,1-4H3,(H,47,53). The molecule has 2 fully saturated rings. The number of hydrogen-bond donors (Lipinski definition) is 1. The van der Waals surface area contributed by atoms with E-state index in [2.05, 4.69) is 5.32 Å².